The molecule has 0 spiro atoms. The Bertz CT molecular complexity index is 206. The molecule has 0 bridgehead atoms. The zero-order valence-corrected chi connectivity index (χ0v) is 10.2. The van der Waals surface area contributed by atoms with Gasteiger partial charge in [-0.25, -0.2) is 0 Å². The molecule has 3 heteroatoms. The Morgan fingerprint density at radius 3 is 2.50 bits per heavy atom. The Labute approximate surface area is 98.4 Å². The van der Waals surface area contributed by atoms with Crippen molar-refractivity contribution in [2.24, 2.45) is 17.6 Å². The van der Waals surface area contributed by atoms with Crippen LogP contribution >= 0.6 is 0 Å². The average molecular weight is 227 g/mol. The number of hydrogen-bond donors (Lipinski definition) is 2. The van der Waals surface area contributed by atoms with Gasteiger partial charge in [-0.15, -0.1) is 0 Å². The molecular formula is C13H25NO2. The van der Waals surface area contributed by atoms with Crippen molar-refractivity contribution in [2.45, 2.75) is 57.8 Å². The van der Waals surface area contributed by atoms with Crippen molar-refractivity contribution in [3.05, 3.63) is 0 Å². The SMILES string of the molecule is NCCCCCCC1CCCCC1C(=O)O. The van der Waals surface area contributed by atoms with Crippen molar-refractivity contribution >= 4 is 5.97 Å². The van der Waals surface area contributed by atoms with Crippen LogP contribution in [0.4, 0.5) is 0 Å². The fourth-order valence-corrected chi connectivity index (χ4v) is 2.78. The van der Waals surface area contributed by atoms with Gasteiger partial charge in [0, 0.05) is 0 Å². The molecule has 0 radical (unpaired) electrons. The number of carboxylic acid groups (broad SMARTS) is 1. The second-order valence-corrected chi connectivity index (χ2v) is 4.98. The van der Waals surface area contributed by atoms with Crippen molar-refractivity contribution in [1.82, 2.24) is 0 Å². The second kappa shape index (κ2) is 7.66. The highest BCUT2D eigenvalue weighted by molar-refractivity contribution is 5.70. The molecule has 0 amide bonds. The third kappa shape index (κ3) is 4.52. The molecule has 1 rings (SSSR count). The van der Waals surface area contributed by atoms with E-state index in [1.165, 1.54) is 25.7 Å². The molecule has 1 saturated carbocycles. The van der Waals surface area contributed by atoms with Crippen LogP contribution in [0.3, 0.4) is 0 Å². The smallest absolute Gasteiger partial charge is 0.306 e. The molecule has 0 saturated heterocycles. The highest BCUT2D eigenvalue weighted by Gasteiger charge is 2.29. The van der Waals surface area contributed by atoms with E-state index in [4.69, 9.17) is 10.8 Å². The van der Waals surface area contributed by atoms with Crippen LogP contribution in [-0.4, -0.2) is 17.6 Å². The molecule has 2 atom stereocenters. The molecule has 94 valence electrons. The Hall–Kier alpha value is -0.570. The molecule has 1 fully saturated rings. The summed E-state index contributed by atoms with van der Waals surface area (Å²) < 4.78 is 0. The summed E-state index contributed by atoms with van der Waals surface area (Å²) in [7, 11) is 0. The summed E-state index contributed by atoms with van der Waals surface area (Å²) in [6.45, 7) is 0.779. The lowest BCUT2D eigenvalue weighted by Gasteiger charge is -2.28. The van der Waals surface area contributed by atoms with Gasteiger partial charge in [-0.2, -0.15) is 0 Å². The molecule has 0 aromatic rings. The van der Waals surface area contributed by atoms with Gasteiger partial charge < -0.3 is 10.8 Å². The molecule has 0 aliphatic heterocycles. The first-order valence-electron chi connectivity index (χ1n) is 6.68. The quantitative estimate of drug-likeness (QED) is 0.657. The van der Waals surface area contributed by atoms with Gasteiger partial charge in [0.25, 0.3) is 0 Å². The van der Waals surface area contributed by atoms with Crippen LogP contribution in [0.1, 0.15) is 57.8 Å². The van der Waals surface area contributed by atoms with Crippen LogP contribution in [0, 0.1) is 11.8 Å². The van der Waals surface area contributed by atoms with Crippen molar-refractivity contribution in [1.29, 1.82) is 0 Å². The van der Waals surface area contributed by atoms with Crippen molar-refractivity contribution < 1.29 is 9.90 Å². The average Bonchev–Trinajstić information content (AvgIpc) is 2.29. The van der Waals surface area contributed by atoms with Gasteiger partial charge in [-0.05, 0) is 38.1 Å². The predicted molar refractivity (Wildman–Crippen MR) is 65.2 cm³/mol. The molecular weight excluding hydrogens is 202 g/mol. The maximum absolute atomic E-state index is 11.1. The Balaban J connectivity index is 2.19. The van der Waals surface area contributed by atoms with Gasteiger partial charge >= 0.3 is 5.97 Å². The minimum Gasteiger partial charge on any atom is -0.481 e. The first-order chi connectivity index (χ1) is 7.75. The molecule has 0 aromatic carbocycles. The van der Waals surface area contributed by atoms with Crippen LogP contribution in [-0.2, 0) is 4.79 Å². The summed E-state index contributed by atoms with van der Waals surface area (Å²) in [6, 6.07) is 0. The van der Waals surface area contributed by atoms with E-state index < -0.39 is 5.97 Å². The molecule has 3 nitrogen and oxygen atoms in total. The lowest BCUT2D eigenvalue weighted by atomic mass is 9.76. The summed E-state index contributed by atoms with van der Waals surface area (Å²) in [5, 5.41) is 9.13. The molecule has 16 heavy (non-hydrogen) atoms. The first-order valence-corrected chi connectivity index (χ1v) is 6.68. The van der Waals surface area contributed by atoms with E-state index in [1.807, 2.05) is 0 Å². The summed E-state index contributed by atoms with van der Waals surface area (Å²) in [5.41, 5.74) is 5.44. The maximum atomic E-state index is 11.1. The normalized spacial score (nSPS) is 25.6. The number of unbranched alkanes of at least 4 members (excludes halogenated alkanes) is 3. The topological polar surface area (TPSA) is 63.3 Å². The van der Waals surface area contributed by atoms with E-state index in [-0.39, 0.29) is 5.92 Å². The van der Waals surface area contributed by atoms with E-state index >= 15 is 0 Å². The minimum atomic E-state index is -0.577. The standard InChI is InChI=1S/C13H25NO2/c14-10-6-2-1-3-7-11-8-4-5-9-12(11)13(15)16/h11-12H,1-10,14H2,(H,15,16). The molecule has 0 heterocycles. The zero-order valence-electron chi connectivity index (χ0n) is 10.2. The molecule has 3 N–H and O–H groups in total. The summed E-state index contributed by atoms with van der Waals surface area (Å²) in [4.78, 5) is 11.1. The van der Waals surface area contributed by atoms with E-state index in [2.05, 4.69) is 0 Å². The van der Waals surface area contributed by atoms with Gasteiger partial charge in [-0.3, -0.25) is 4.79 Å². The fraction of sp³-hybridized carbons (Fsp3) is 0.923. The van der Waals surface area contributed by atoms with E-state index in [9.17, 15) is 4.79 Å². The number of rotatable bonds is 7. The number of carbonyl (C=O) groups is 1. The third-order valence-electron chi connectivity index (χ3n) is 3.76. The van der Waals surface area contributed by atoms with Crippen LogP contribution in [0.2, 0.25) is 0 Å². The third-order valence-corrected chi connectivity index (χ3v) is 3.76. The Morgan fingerprint density at radius 1 is 1.12 bits per heavy atom. The van der Waals surface area contributed by atoms with Crippen LogP contribution < -0.4 is 5.73 Å². The zero-order chi connectivity index (χ0) is 11.8. The van der Waals surface area contributed by atoms with Crippen LogP contribution in [0.15, 0.2) is 0 Å². The van der Waals surface area contributed by atoms with Gasteiger partial charge in [-0.1, -0.05) is 32.1 Å². The molecule has 2 unspecified atom stereocenters. The summed E-state index contributed by atoms with van der Waals surface area (Å²) >= 11 is 0. The molecule has 1 aliphatic rings. The lowest BCUT2D eigenvalue weighted by Crippen LogP contribution is -2.26. The van der Waals surface area contributed by atoms with E-state index in [0.717, 1.165) is 38.6 Å². The number of hydrogen-bond acceptors (Lipinski definition) is 2. The van der Waals surface area contributed by atoms with Gasteiger partial charge in [0.15, 0.2) is 0 Å². The second-order valence-electron chi connectivity index (χ2n) is 4.98. The Kier molecular flexibility index (Phi) is 6.46. The predicted octanol–water partition coefficient (Wildman–Crippen LogP) is 2.79. The van der Waals surface area contributed by atoms with E-state index in [1.54, 1.807) is 0 Å². The van der Waals surface area contributed by atoms with Crippen molar-refractivity contribution in [2.75, 3.05) is 6.54 Å². The monoisotopic (exact) mass is 227 g/mol. The first kappa shape index (κ1) is 13.5. The van der Waals surface area contributed by atoms with Crippen LogP contribution in [0.25, 0.3) is 0 Å². The summed E-state index contributed by atoms with van der Waals surface area (Å²) in [5.74, 6) is -0.209. The Morgan fingerprint density at radius 2 is 1.81 bits per heavy atom. The fourth-order valence-electron chi connectivity index (χ4n) is 2.78. The number of aliphatic carboxylic acids is 1. The highest BCUT2D eigenvalue weighted by Crippen LogP contribution is 2.33. The molecule has 1 aliphatic carbocycles. The van der Waals surface area contributed by atoms with Gasteiger partial charge in [0.1, 0.15) is 0 Å². The van der Waals surface area contributed by atoms with E-state index in [0.29, 0.717) is 5.92 Å². The number of nitrogens with two attached hydrogens (primary N) is 1. The van der Waals surface area contributed by atoms with Crippen molar-refractivity contribution in [3.8, 4) is 0 Å². The van der Waals surface area contributed by atoms with Crippen LogP contribution in [0.5, 0.6) is 0 Å². The van der Waals surface area contributed by atoms with Gasteiger partial charge in [0.2, 0.25) is 0 Å². The maximum Gasteiger partial charge on any atom is 0.306 e. The largest absolute Gasteiger partial charge is 0.481 e. The highest BCUT2D eigenvalue weighted by atomic mass is 16.4. The van der Waals surface area contributed by atoms with Gasteiger partial charge in [0.05, 0.1) is 5.92 Å². The minimum absolute atomic E-state index is 0.0664. The molecule has 0 aromatic heterocycles. The number of carboxylic acids is 1. The van der Waals surface area contributed by atoms with Crippen molar-refractivity contribution in [3.63, 3.8) is 0 Å². The summed E-state index contributed by atoms with van der Waals surface area (Å²) in [6.07, 6.45) is 10.1. The lowest BCUT2D eigenvalue weighted by molar-refractivity contribution is -0.145.